The van der Waals surface area contributed by atoms with Crippen LogP contribution in [-0.2, 0) is 10.0 Å². The Hall–Kier alpha value is -1.44. The number of hydrogen-bond acceptors (Lipinski definition) is 3. The molecule has 0 radical (unpaired) electrons. The summed E-state index contributed by atoms with van der Waals surface area (Å²) in [5.41, 5.74) is 0.458. The molecule has 0 bridgehead atoms. The molecule has 0 heterocycles. The van der Waals surface area contributed by atoms with Crippen LogP contribution >= 0.6 is 15.9 Å². The number of ether oxygens (including phenoxy) is 1. The average Bonchev–Trinajstić information content (AvgIpc) is 2.35. The van der Waals surface area contributed by atoms with Crippen LogP contribution in [0.5, 0.6) is 11.5 Å². The standard InChI is InChI=1S/C13H11BrFNO3S/c1-8-6-9(2-4-12(8)15)19-13-5-3-10(7-11(13)14)20(16,17)18/h2-7H,1H3,(H2,16,17,18). The molecule has 4 nitrogen and oxygen atoms in total. The van der Waals surface area contributed by atoms with E-state index in [0.29, 0.717) is 21.5 Å². The van der Waals surface area contributed by atoms with Crippen molar-refractivity contribution in [3.05, 3.63) is 52.3 Å². The Morgan fingerprint density at radius 2 is 1.90 bits per heavy atom. The molecule has 0 aliphatic rings. The highest BCUT2D eigenvalue weighted by Crippen LogP contribution is 2.32. The molecule has 0 saturated carbocycles. The summed E-state index contributed by atoms with van der Waals surface area (Å²) >= 11 is 3.21. The van der Waals surface area contributed by atoms with Crippen LogP contribution in [0.2, 0.25) is 0 Å². The molecule has 0 atom stereocenters. The van der Waals surface area contributed by atoms with E-state index in [1.54, 1.807) is 13.0 Å². The van der Waals surface area contributed by atoms with Gasteiger partial charge in [-0.2, -0.15) is 0 Å². The van der Waals surface area contributed by atoms with Gasteiger partial charge in [-0.3, -0.25) is 0 Å². The van der Waals surface area contributed by atoms with Gasteiger partial charge in [-0.1, -0.05) is 0 Å². The minimum absolute atomic E-state index is 0.0213. The van der Waals surface area contributed by atoms with E-state index in [9.17, 15) is 12.8 Å². The fraction of sp³-hybridized carbons (Fsp3) is 0.0769. The van der Waals surface area contributed by atoms with Crippen molar-refractivity contribution in [1.82, 2.24) is 0 Å². The van der Waals surface area contributed by atoms with Gasteiger partial charge in [-0.25, -0.2) is 17.9 Å². The van der Waals surface area contributed by atoms with E-state index >= 15 is 0 Å². The molecular weight excluding hydrogens is 349 g/mol. The summed E-state index contributed by atoms with van der Waals surface area (Å²) in [6.45, 7) is 1.63. The topological polar surface area (TPSA) is 69.4 Å². The fourth-order valence-corrected chi connectivity index (χ4v) is 2.70. The predicted molar refractivity (Wildman–Crippen MR) is 76.7 cm³/mol. The van der Waals surface area contributed by atoms with Crippen molar-refractivity contribution in [3.8, 4) is 11.5 Å². The zero-order chi connectivity index (χ0) is 14.9. The Balaban J connectivity index is 2.32. The minimum Gasteiger partial charge on any atom is -0.456 e. The highest BCUT2D eigenvalue weighted by atomic mass is 79.9. The second-order valence-electron chi connectivity index (χ2n) is 4.15. The average molecular weight is 360 g/mol. The van der Waals surface area contributed by atoms with Crippen molar-refractivity contribution >= 4 is 26.0 Å². The first-order chi connectivity index (χ1) is 9.27. The van der Waals surface area contributed by atoms with Crippen molar-refractivity contribution in [2.75, 3.05) is 0 Å². The van der Waals surface area contributed by atoms with E-state index in [0.717, 1.165) is 0 Å². The highest BCUT2D eigenvalue weighted by Gasteiger charge is 2.11. The maximum atomic E-state index is 13.2. The van der Waals surface area contributed by atoms with E-state index in [1.165, 1.54) is 30.3 Å². The second-order valence-corrected chi connectivity index (χ2v) is 6.57. The van der Waals surface area contributed by atoms with Crippen molar-refractivity contribution in [1.29, 1.82) is 0 Å². The van der Waals surface area contributed by atoms with Gasteiger partial charge in [-0.05, 0) is 64.8 Å². The number of halogens is 2. The monoisotopic (exact) mass is 359 g/mol. The van der Waals surface area contributed by atoms with Crippen molar-refractivity contribution in [2.45, 2.75) is 11.8 Å². The number of benzene rings is 2. The molecule has 0 amide bonds. The van der Waals surface area contributed by atoms with Gasteiger partial charge < -0.3 is 4.74 Å². The molecule has 2 aromatic rings. The smallest absolute Gasteiger partial charge is 0.238 e. The molecule has 0 unspecified atom stereocenters. The third-order valence-electron chi connectivity index (χ3n) is 2.59. The number of sulfonamides is 1. The Morgan fingerprint density at radius 3 is 2.45 bits per heavy atom. The number of rotatable bonds is 3. The van der Waals surface area contributed by atoms with E-state index in [2.05, 4.69) is 15.9 Å². The van der Waals surface area contributed by atoms with E-state index in [1.807, 2.05) is 0 Å². The molecule has 0 saturated heterocycles. The minimum atomic E-state index is -3.76. The van der Waals surface area contributed by atoms with Gasteiger partial charge in [-0.15, -0.1) is 0 Å². The van der Waals surface area contributed by atoms with Gasteiger partial charge in [0.2, 0.25) is 10.0 Å². The molecule has 0 spiro atoms. The summed E-state index contributed by atoms with van der Waals surface area (Å²) in [7, 11) is -3.76. The van der Waals surface area contributed by atoms with Crippen molar-refractivity contribution in [2.24, 2.45) is 5.14 Å². The SMILES string of the molecule is Cc1cc(Oc2ccc(S(N)(=O)=O)cc2Br)ccc1F. The van der Waals surface area contributed by atoms with Crippen LogP contribution in [0, 0.1) is 12.7 Å². The predicted octanol–water partition coefficient (Wildman–Crippen LogP) is 3.34. The Bertz CT molecular complexity index is 762. The maximum Gasteiger partial charge on any atom is 0.238 e. The summed E-state index contributed by atoms with van der Waals surface area (Å²) in [5.74, 6) is 0.539. The summed E-state index contributed by atoms with van der Waals surface area (Å²) in [4.78, 5) is -0.0213. The molecule has 0 aliphatic carbocycles. The van der Waals surface area contributed by atoms with Crippen molar-refractivity contribution in [3.63, 3.8) is 0 Å². The molecule has 106 valence electrons. The molecule has 7 heteroatoms. The number of primary sulfonamides is 1. The molecule has 2 N–H and O–H groups in total. The molecule has 2 aromatic carbocycles. The van der Waals surface area contributed by atoms with Crippen LogP contribution < -0.4 is 9.88 Å². The quantitative estimate of drug-likeness (QED) is 0.913. The van der Waals surface area contributed by atoms with E-state index < -0.39 is 10.0 Å². The molecular formula is C13H11BrFNO3S. The van der Waals surface area contributed by atoms with Crippen LogP contribution in [0.15, 0.2) is 45.8 Å². The zero-order valence-electron chi connectivity index (χ0n) is 10.4. The van der Waals surface area contributed by atoms with Gasteiger partial charge in [0, 0.05) is 0 Å². The molecule has 2 rings (SSSR count). The first kappa shape index (κ1) is 15.0. The van der Waals surface area contributed by atoms with Crippen LogP contribution in [0.4, 0.5) is 4.39 Å². The second kappa shape index (κ2) is 5.51. The zero-order valence-corrected chi connectivity index (χ0v) is 12.8. The maximum absolute atomic E-state index is 13.2. The van der Waals surface area contributed by atoms with Crippen molar-refractivity contribution < 1.29 is 17.5 Å². The van der Waals surface area contributed by atoms with Crippen LogP contribution in [-0.4, -0.2) is 8.42 Å². The van der Waals surface area contributed by atoms with Gasteiger partial charge in [0.25, 0.3) is 0 Å². The van der Waals surface area contributed by atoms with Crippen LogP contribution in [0.1, 0.15) is 5.56 Å². The lowest BCUT2D eigenvalue weighted by Crippen LogP contribution is -2.11. The molecule has 0 aliphatic heterocycles. The fourth-order valence-electron chi connectivity index (χ4n) is 1.55. The third kappa shape index (κ3) is 3.36. The molecule has 0 fully saturated rings. The van der Waals surface area contributed by atoms with Gasteiger partial charge in [0.15, 0.2) is 0 Å². The lowest BCUT2D eigenvalue weighted by molar-refractivity contribution is 0.476. The normalized spacial score (nSPS) is 11.4. The van der Waals surface area contributed by atoms with E-state index in [-0.39, 0.29) is 10.7 Å². The van der Waals surface area contributed by atoms with Gasteiger partial charge in [0.1, 0.15) is 17.3 Å². The molecule has 20 heavy (non-hydrogen) atoms. The summed E-state index contributed by atoms with van der Waals surface area (Å²) in [6.07, 6.45) is 0. The third-order valence-corrected chi connectivity index (χ3v) is 4.12. The number of aryl methyl sites for hydroxylation is 1. The summed E-state index contributed by atoms with van der Waals surface area (Å²) < 4.78 is 41.6. The number of hydrogen-bond donors (Lipinski definition) is 1. The largest absolute Gasteiger partial charge is 0.456 e. The highest BCUT2D eigenvalue weighted by molar-refractivity contribution is 9.10. The Morgan fingerprint density at radius 1 is 1.20 bits per heavy atom. The Kier molecular flexibility index (Phi) is 4.12. The first-order valence-electron chi connectivity index (χ1n) is 5.54. The summed E-state index contributed by atoms with van der Waals surface area (Å²) in [6, 6.07) is 8.50. The Labute approximate surface area is 124 Å². The van der Waals surface area contributed by atoms with Crippen LogP contribution in [0.3, 0.4) is 0 Å². The summed E-state index contributed by atoms with van der Waals surface area (Å²) in [5, 5.41) is 5.03. The van der Waals surface area contributed by atoms with Crippen LogP contribution in [0.25, 0.3) is 0 Å². The number of nitrogens with two attached hydrogens (primary N) is 1. The lowest BCUT2D eigenvalue weighted by atomic mass is 10.2. The first-order valence-corrected chi connectivity index (χ1v) is 7.87. The lowest BCUT2D eigenvalue weighted by Gasteiger charge is -2.09. The molecule has 0 aromatic heterocycles. The van der Waals surface area contributed by atoms with E-state index in [4.69, 9.17) is 9.88 Å². The van der Waals surface area contributed by atoms with Gasteiger partial charge in [0.05, 0.1) is 9.37 Å². The van der Waals surface area contributed by atoms with Gasteiger partial charge >= 0.3 is 0 Å².